The lowest BCUT2D eigenvalue weighted by atomic mass is 9.84. The first kappa shape index (κ1) is 19.7. The van der Waals surface area contributed by atoms with Crippen LogP contribution in [-0.4, -0.2) is 21.4 Å². The summed E-state index contributed by atoms with van der Waals surface area (Å²) >= 11 is 0. The smallest absolute Gasteiger partial charge is 0.244 e. The minimum Gasteiger partial charge on any atom is -0.492 e. The fourth-order valence-corrected chi connectivity index (χ4v) is 4.19. The van der Waals surface area contributed by atoms with Crippen molar-refractivity contribution >= 4 is 10.9 Å². The Bertz CT molecular complexity index is 1380. The molecule has 0 unspecified atom stereocenters. The number of aryl methyl sites for hydroxylation is 1. The number of para-hydroxylation sites is 1. The molecule has 0 saturated carbocycles. The normalized spacial score (nSPS) is 15.3. The molecular formula is C24H20FN5O2. The van der Waals surface area contributed by atoms with E-state index in [1.165, 1.54) is 12.1 Å². The molecule has 4 aromatic rings. The lowest BCUT2D eigenvalue weighted by molar-refractivity contribution is 0.300. The quantitative estimate of drug-likeness (QED) is 0.497. The number of fused-ring (bicyclic) bond motifs is 2. The van der Waals surface area contributed by atoms with Crippen molar-refractivity contribution < 1.29 is 13.9 Å². The maximum absolute atomic E-state index is 13.1. The topological polar surface area (TPSA) is 102 Å². The van der Waals surface area contributed by atoms with Crippen LogP contribution in [0.5, 0.6) is 11.6 Å². The first-order valence-corrected chi connectivity index (χ1v) is 10.2. The molecule has 0 bridgehead atoms. The van der Waals surface area contributed by atoms with Crippen molar-refractivity contribution in [3.63, 3.8) is 0 Å². The van der Waals surface area contributed by atoms with Gasteiger partial charge < -0.3 is 19.8 Å². The number of halogens is 1. The van der Waals surface area contributed by atoms with E-state index in [-0.39, 0.29) is 11.7 Å². The summed E-state index contributed by atoms with van der Waals surface area (Å²) in [6, 6.07) is 16.2. The molecule has 5 rings (SSSR count). The zero-order valence-corrected chi connectivity index (χ0v) is 17.3. The summed E-state index contributed by atoms with van der Waals surface area (Å²) in [4.78, 5) is 0. The Hall–Kier alpha value is -4.25. The summed E-state index contributed by atoms with van der Waals surface area (Å²) in [7, 11) is 0. The second-order valence-corrected chi connectivity index (χ2v) is 7.59. The third kappa shape index (κ3) is 3.24. The Balaban J connectivity index is 1.53. The van der Waals surface area contributed by atoms with Crippen molar-refractivity contribution in [2.75, 3.05) is 6.61 Å². The molecule has 0 fully saturated rings. The highest BCUT2D eigenvalue weighted by atomic mass is 19.1. The first-order valence-electron chi connectivity index (χ1n) is 10.2. The van der Waals surface area contributed by atoms with Gasteiger partial charge in [0.15, 0.2) is 0 Å². The molecule has 0 amide bonds. The molecule has 1 atom stereocenters. The predicted molar refractivity (Wildman–Crippen MR) is 116 cm³/mol. The van der Waals surface area contributed by atoms with E-state index in [9.17, 15) is 9.65 Å². The molecule has 0 aliphatic carbocycles. The van der Waals surface area contributed by atoms with Crippen LogP contribution in [0.15, 0.2) is 66.2 Å². The molecule has 160 valence electrons. The van der Waals surface area contributed by atoms with Crippen molar-refractivity contribution in [1.82, 2.24) is 14.8 Å². The van der Waals surface area contributed by atoms with Crippen LogP contribution in [0, 0.1) is 24.1 Å². The van der Waals surface area contributed by atoms with Gasteiger partial charge in [-0.05, 0) is 42.8 Å². The van der Waals surface area contributed by atoms with Crippen LogP contribution < -0.4 is 15.2 Å². The molecule has 1 aliphatic rings. The van der Waals surface area contributed by atoms with Gasteiger partial charge >= 0.3 is 0 Å². The zero-order valence-electron chi connectivity index (χ0n) is 17.3. The van der Waals surface area contributed by atoms with E-state index < -0.39 is 5.92 Å². The lowest BCUT2D eigenvalue weighted by Gasteiger charge is -2.23. The molecule has 0 radical (unpaired) electrons. The minimum absolute atomic E-state index is 0.0629. The molecule has 0 saturated heterocycles. The largest absolute Gasteiger partial charge is 0.492 e. The lowest BCUT2D eigenvalue weighted by Crippen LogP contribution is -2.21. The summed E-state index contributed by atoms with van der Waals surface area (Å²) in [5, 5.41) is 18.0. The molecule has 7 nitrogen and oxygen atoms in total. The van der Waals surface area contributed by atoms with Gasteiger partial charge in [-0.15, -0.1) is 5.10 Å². The zero-order chi connectivity index (χ0) is 22.2. The number of nitrogens with one attached hydrogen (secondary N) is 1. The van der Waals surface area contributed by atoms with E-state index in [0.717, 1.165) is 27.7 Å². The molecule has 32 heavy (non-hydrogen) atoms. The highest BCUT2D eigenvalue weighted by Crippen LogP contribution is 2.45. The van der Waals surface area contributed by atoms with E-state index in [2.05, 4.69) is 20.8 Å². The van der Waals surface area contributed by atoms with Crippen LogP contribution >= 0.6 is 0 Å². The number of ether oxygens (including phenoxy) is 2. The first-order chi connectivity index (χ1) is 15.6. The van der Waals surface area contributed by atoms with E-state index in [0.29, 0.717) is 30.4 Å². The summed E-state index contributed by atoms with van der Waals surface area (Å²) in [6.45, 7) is 2.87. The van der Waals surface area contributed by atoms with Gasteiger partial charge in [0.05, 0.1) is 12.5 Å². The van der Waals surface area contributed by atoms with Crippen LogP contribution in [0.4, 0.5) is 4.39 Å². The number of H-pyrrole nitrogens is 1. The van der Waals surface area contributed by atoms with Crippen molar-refractivity contribution in [2.24, 2.45) is 5.73 Å². The van der Waals surface area contributed by atoms with Crippen LogP contribution in [0.2, 0.25) is 0 Å². The Kier molecular flexibility index (Phi) is 4.79. The molecule has 2 aromatic carbocycles. The molecule has 3 N–H and O–H groups in total. The van der Waals surface area contributed by atoms with Gasteiger partial charge in [-0.1, -0.05) is 18.2 Å². The molecule has 1 aliphatic heterocycles. The van der Waals surface area contributed by atoms with Gasteiger partial charge in [0.2, 0.25) is 11.8 Å². The molecular weight excluding hydrogens is 409 g/mol. The minimum atomic E-state index is -0.397. The van der Waals surface area contributed by atoms with Gasteiger partial charge in [0.1, 0.15) is 29.8 Å². The average Bonchev–Trinajstić information content (AvgIpc) is 3.35. The second-order valence-electron chi connectivity index (χ2n) is 7.59. The third-order valence-corrected chi connectivity index (χ3v) is 5.67. The van der Waals surface area contributed by atoms with Crippen molar-refractivity contribution in [3.8, 4) is 17.7 Å². The van der Waals surface area contributed by atoms with Crippen molar-refractivity contribution in [1.29, 1.82) is 5.26 Å². The van der Waals surface area contributed by atoms with E-state index in [4.69, 9.17) is 15.2 Å². The number of aromatic amines is 1. The van der Waals surface area contributed by atoms with Gasteiger partial charge in [-0.25, -0.2) is 4.39 Å². The molecule has 2 aromatic heterocycles. The number of benzene rings is 2. The van der Waals surface area contributed by atoms with Crippen molar-refractivity contribution in [3.05, 3.63) is 88.8 Å². The van der Waals surface area contributed by atoms with Gasteiger partial charge in [-0.2, -0.15) is 5.26 Å². The predicted octanol–water partition coefficient (Wildman–Crippen LogP) is 4.11. The average molecular weight is 429 g/mol. The number of hydrogen-bond acceptors (Lipinski definition) is 5. The Morgan fingerprint density at radius 1 is 1.25 bits per heavy atom. The Labute approximate surface area is 183 Å². The fourth-order valence-electron chi connectivity index (χ4n) is 4.19. The summed E-state index contributed by atoms with van der Waals surface area (Å²) in [6.07, 6.45) is 2.02. The number of rotatable bonds is 5. The number of allylic oxidation sites excluding steroid dienone is 1. The van der Waals surface area contributed by atoms with Crippen LogP contribution in [-0.2, 0) is 6.54 Å². The van der Waals surface area contributed by atoms with E-state index in [1.807, 2.05) is 37.4 Å². The summed E-state index contributed by atoms with van der Waals surface area (Å²) in [5.41, 5.74) is 10.0. The number of nitrogens with zero attached hydrogens (tertiary/aromatic N) is 3. The van der Waals surface area contributed by atoms with Gasteiger partial charge in [-0.3, -0.25) is 5.10 Å². The van der Waals surface area contributed by atoms with E-state index >= 15 is 0 Å². The second kappa shape index (κ2) is 7.78. The SMILES string of the molecule is Cc1[nH]nc2c1[C@@H](c1cn(CCOc3ccc(F)cc3)c3ccccc13)C(C#N)=C(N)O2. The van der Waals surface area contributed by atoms with Gasteiger partial charge in [0.25, 0.3) is 0 Å². The van der Waals surface area contributed by atoms with Crippen LogP contribution in [0.1, 0.15) is 22.7 Å². The number of hydrogen-bond donors (Lipinski definition) is 2. The van der Waals surface area contributed by atoms with Gasteiger partial charge in [0, 0.05) is 28.4 Å². The monoisotopic (exact) mass is 429 g/mol. The standard InChI is InChI=1S/C24H20FN5O2/c1-14-21-22(18(12-26)23(27)32-24(21)29-28-14)19-13-30(20-5-3-2-4-17(19)20)10-11-31-16-8-6-15(25)7-9-16/h2-9,13,22H,10-11,27H2,1H3,(H,28,29)/t22-/m1/s1. The molecule has 0 spiro atoms. The fraction of sp³-hybridized carbons (Fsp3) is 0.167. The van der Waals surface area contributed by atoms with E-state index in [1.54, 1.807) is 12.1 Å². The van der Waals surface area contributed by atoms with Crippen LogP contribution in [0.3, 0.4) is 0 Å². The number of nitrogens with two attached hydrogens (primary N) is 1. The Morgan fingerprint density at radius 3 is 2.81 bits per heavy atom. The maximum atomic E-state index is 13.1. The maximum Gasteiger partial charge on any atom is 0.244 e. The molecule has 3 heterocycles. The highest BCUT2D eigenvalue weighted by Gasteiger charge is 2.35. The van der Waals surface area contributed by atoms with Crippen LogP contribution in [0.25, 0.3) is 10.9 Å². The third-order valence-electron chi connectivity index (χ3n) is 5.67. The summed E-state index contributed by atoms with van der Waals surface area (Å²) in [5.74, 6) is 0.359. The summed E-state index contributed by atoms with van der Waals surface area (Å²) < 4.78 is 26.6. The van der Waals surface area contributed by atoms with Crippen molar-refractivity contribution in [2.45, 2.75) is 19.4 Å². The molecule has 8 heteroatoms. The highest BCUT2D eigenvalue weighted by molar-refractivity contribution is 5.86. The number of nitriles is 1. The number of aromatic nitrogens is 3. The Morgan fingerprint density at radius 2 is 2.03 bits per heavy atom.